The molecule has 2 aliphatic heterocycles. The van der Waals surface area contributed by atoms with Gasteiger partial charge >= 0.3 is 6.18 Å². The van der Waals surface area contributed by atoms with Crippen LogP contribution in [0.25, 0.3) is 0 Å². The SMILES string of the molecule is O=S(=O)(NCc1nnc2n1CC[C@H](C(F)(F)F)C2)c1ccc2c(c1)CCO2. The Morgan fingerprint density at radius 1 is 1.30 bits per heavy atom. The molecule has 0 bridgehead atoms. The summed E-state index contributed by atoms with van der Waals surface area (Å²) in [6.07, 6.45) is -3.93. The molecule has 2 aromatic rings. The smallest absolute Gasteiger partial charge is 0.392 e. The minimum absolute atomic E-state index is 0.0703. The van der Waals surface area contributed by atoms with Gasteiger partial charge in [-0.2, -0.15) is 13.2 Å². The molecule has 4 rings (SSSR count). The van der Waals surface area contributed by atoms with E-state index < -0.39 is 22.1 Å². The Bertz CT molecular complexity index is 972. The summed E-state index contributed by atoms with van der Waals surface area (Å²) in [7, 11) is -3.79. The molecule has 7 nitrogen and oxygen atoms in total. The number of nitrogens with zero attached hydrogens (tertiary/aromatic N) is 3. The molecule has 3 heterocycles. The first-order valence-electron chi connectivity index (χ1n) is 8.47. The number of benzene rings is 1. The van der Waals surface area contributed by atoms with Crippen molar-refractivity contribution in [2.24, 2.45) is 5.92 Å². The van der Waals surface area contributed by atoms with Crippen LogP contribution < -0.4 is 9.46 Å². The van der Waals surface area contributed by atoms with Crippen molar-refractivity contribution in [3.8, 4) is 5.75 Å². The summed E-state index contributed by atoms with van der Waals surface area (Å²) in [5, 5.41) is 7.67. The van der Waals surface area contributed by atoms with E-state index in [2.05, 4.69) is 14.9 Å². The second-order valence-corrected chi connectivity index (χ2v) is 8.37. The molecule has 1 N–H and O–H groups in total. The Labute approximate surface area is 153 Å². The van der Waals surface area contributed by atoms with Crippen LogP contribution in [0.1, 0.15) is 23.6 Å². The fourth-order valence-corrected chi connectivity index (χ4v) is 4.40. The second-order valence-electron chi connectivity index (χ2n) is 6.61. The molecule has 0 spiro atoms. The average Bonchev–Trinajstić information content (AvgIpc) is 3.24. The molecule has 0 radical (unpaired) electrons. The van der Waals surface area contributed by atoms with Gasteiger partial charge in [0, 0.05) is 19.4 Å². The van der Waals surface area contributed by atoms with Crippen LogP contribution >= 0.6 is 0 Å². The summed E-state index contributed by atoms with van der Waals surface area (Å²) in [6, 6.07) is 4.64. The number of aromatic nitrogens is 3. The fraction of sp³-hybridized carbons (Fsp3) is 0.500. The Hall–Kier alpha value is -2.14. The standard InChI is InChI=1S/C16H17F3N4O3S/c17-16(18,19)11-3-5-23-14(8-11)21-22-15(23)9-20-27(24,25)12-1-2-13-10(7-12)4-6-26-13/h1-2,7,11,20H,3-6,8-9H2/t11-/m0/s1. The number of fused-ring (bicyclic) bond motifs is 2. The lowest BCUT2D eigenvalue weighted by atomic mass is 9.97. The van der Waals surface area contributed by atoms with Crippen molar-refractivity contribution in [1.82, 2.24) is 19.5 Å². The van der Waals surface area contributed by atoms with Crippen molar-refractivity contribution in [2.75, 3.05) is 6.61 Å². The summed E-state index contributed by atoms with van der Waals surface area (Å²) in [5.74, 6) is -0.224. The third-order valence-corrected chi connectivity index (χ3v) is 6.29. The highest BCUT2D eigenvalue weighted by molar-refractivity contribution is 7.89. The summed E-state index contributed by atoms with van der Waals surface area (Å²) in [4.78, 5) is 0.113. The number of ether oxygens (including phenoxy) is 1. The summed E-state index contributed by atoms with van der Waals surface area (Å²) in [5.41, 5.74) is 0.830. The van der Waals surface area contributed by atoms with Crippen LogP contribution in [0.5, 0.6) is 5.75 Å². The molecular weight excluding hydrogens is 385 g/mol. The van der Waals surface area contributed by atoms with Crippen molar-refractivity contribution >= 4 is 10.0 Å². The molecule has 0 saturated carbocycles. The summed E-state index contributed by atoms with van der Waals surface area (Å²) < 4.78 is 73.0. The lowest BCUT2D eigenvalue weighted by molar-refractivity contribution is -0.179. The lowest BCUT2D eigenvalue weighted by Crippen LogP contribution is -2.32. The molecule has 146 valence electrons. The Morgan fingerprint density at radius 2 is 2.11 bits per heavy atom. The van der Waals surface area contributed by atoms with Crippen molar-refractivity contribution in [1.29, 1.82) is 0 Å². The quantitative estimate of drug-likeness (QED) is 0.843. The molecule has 0 fully saturated rings. The Balaban J connectivity index is 1.47. The maximum absolute atomic E-state index is 12.9. The van der Waals surface area contributed by atoms with Crippen molar-refractivity contribution in [3.05, 3.63) is 35.4 Å². The predicted molar refractivity (Wildman–Crippen MR) is 87.6 cm³/mol. The Morgan fingerprint density at radius 3 is 2.89 bits per heavy atom. The number of halogens is 3. The van der Waals surface area contributed by atoms with Crippen LogP contribution in [-0.2, 0) is 36.0 Å². The van der Waals surface area contributed by atoms with Gasteiger partial charge in [-0.05, 0) is 30.2 Å². The van der Waals surface area contributed by atoms with E-state index in [9.17, 15) is 21.6 Å². The molecule has 1 aromatic carbocycles. The maximum atomic E-state index is 12.9. The van der Waals surface area contributed by atoms with Gasteiger partial charge in [-0.25, -0.2) is 13.1 Å². The van der Waals surface area contributed by atoms with Crippen molar-refractivity contribution in [3.63, 3.8) is 0 Å². The first-order valence-corrected chi connectivity index (χ1v) is 9.95. The van der Waals surface area contributed by atoms with Gasteiger partial charge in [0.05, 0.1) is 24.0 Å². The van der Waals surface area contributed by atoms with Crippen LogP contribution in [0, 0.1) is 5.92 Å². The van der Waals surface area contributed by atoms with E-state index in [1.807, 2.05) is 0 Å². The van der Waals surface area contributed by atoms with Gasteiger partial charge in [0.2, 0.25) is 10.0 Å². The van der Waals surface area contributed by atoms with E-state index in [0.29, 0.717) is 24.6 Å². The van der Waals surface area contributed by atoms with Crippen LogP contribution in [0.15, 0.2) is 23.1 Å². The predicted octanol–water partition coefficient (Wildman–Crippen LogP) is 1.82. The highest BCUT2D eigenvalue weighted by Crippen LogP contribution is 2.34. The van der Waals surface area contributed by atoms with Gasteiger partial charge in [-0.15, -0.1) is 10.2 Å². The maximum Gasteiger partial charge on any atom is 0.392 e. The van der Waals surface area contributed by atoms with Gasteiger partial charge in [0.15, 0.2) is 0 Å². The van der Waals surface area contributed by atoms with Gasteiger partial charge < -0.3 is 9.30 Å². The van der Waals surface area contributed by atoms with Gasteiger partial charge in [-0.1, -0.05) is 0 Å². The first kappa shape index (κ1) is 18.2. The highest BCUT2D eigenvalue weighted by atomic mass is 32.2. The normalized spacial score (nSPS) is 19.4. The van der Waals surface area contributed by atoms with E-state index in [0.717, 1.165) is 5.56 Å². The number of hydrogen-bond donors (Lipinski definition) is 1. The molecule has 27 heavy (non-hydrogen) atoms. The van der Waals surface area contributed by atoms with Crippen molar-refractivity contribution in [2.45, 2.75) is 43.4 Å². The molecule has 1 aromatic heterocycles. The van der Waals surface area contributed by atoms with Crippen molar-refractivity contribution < 1.29 is 26.3 Å². The third kappa shape index (κ3) is 3.53. The number of nitrogens with one attached hydrogen (secondary N) is 1. The van der Waals surface area contributed by atoms with E-state index in [4.69, 9.17) is 4.74 Å². The van der Waals surface area contributed by atoms with Crippen LogP contribution in [-0.4, -0.2) is 36.0 Å². The topological polar surface area (TPSA) is 86.1 Å². The molecule has 1 atom stereocenters. The first-order chi connectivity index (χ1) is 12.7. The molecule has 0 amide bonds. The van der Waals surface area contributed by atoms with Crippen LogP contribution in [0.3, 0.4) is 0 Å². The molecule has 0 saturated heterocycles. The average molecular weight is 402 g/mol. The van der Waals surface area contributed by atoms with E-state index in [-0.39, 0.29) is 36.7 Å². The summed E-state index contributed by atoms with van der Waals surface area (Å²) >= 11 is 0. The lowest BCUT2D eigenvalue weighted by Gasteiger charge is -2.25. The zero-order valence-corrected chi connectivity index (χ0v) is 15.0. The van der Waals surface area contributed by atoms with E-state index in [1.54, 1.807) is 16.7 Å². The zero-order chi connectivity index (χ0) is 19.2. The molecular formula is C16H17F3N4O3S. The molecule has 11 heteroatoms. The largest absolute Gasteiger partial charge is 0.493 e. The van der Waals surface area contributed by atoms with Gasteiger partial charge in [0.1, 0.15) is 17.4 Å². The number of alkyl halides is 3. The van der Waals surface area contributed by atoms with Gasteiger partial charge in [0.25, 0.3) is 0 Å². The van der Waals surface area contributed by atoms with Crippen LogP contribution in [0.2, 0.25) is 0 Å². The summed E-state index contributed by atoms with van der Waals surface area (Å²) in [6.45, 7) is 0.496. The third-order valence-electron chi connectivity index (χ3n) is 4.89. The van der Waals surface area contributed by atoms with E-state index >= 15 is 0 Å². The van der Waals surface area contributed by atoms with E-state index in [1.165, 1.54) is 6.07 Å². The molecule has 0 aliphatic carbocycles. The number of sulfonamides is 1. The highest BCUT2D eigenvalue weighted by Gasteiger charge is 2.42. The van der Waals surface area contributed by atoms with Crippen LogP contribution in [0.4, 0.5) is 13.2 Å². The minimum Gasteiger partial charge on any atom is -0.493 e. The second kappa shape index (κ2) is 6.48. The molecule has 0 unspecified atom stereocenters. The zero-order valence-electron chi connectivity index (χ0n) is 14.2. The number of hydrogen-bond acceptors (Lipinski definition) is 5. The molecule has 2 aliphatic rings. The fourth-order valence-electron chi connectivity index (χ4n) is 3.37. The Kier molecular flexibility index (Phi) is 4.38. The number of rotatable bonds is 4. The minimum atomic E-state index is -4.27. The van der Waals surface area contributed by atoms with Gasteiger partial charge in [-0.3, -0.25) is 0 Å². The monoisotopic (exact) mass is 402 g/mol.